The number of ether oxygens (including phenoxy) is 1. The maximum atomic E-state index is 6.29. The minimum Gasteiger partial charge on any atom is -0.457 e. The third-order valence-electron chi connectivity index (χ3n) is 10.3. The van der Waals surface area contributed by atoms with Crippen LogP contribution in [-0.4, -0.2) is 15.0 Å². The van der Waals surface area contributed by atoms with Crippen molar-refractivity contribution < 1.29 is 24.8 Å². The number of rotatable bonds is 11. The molecule has 0 aliphatic heterocycles. The molecule has 61 heavy (non-hydrogen) atoms. The first-order valence-electron chi connectivity index (χ1n) is 20.1. The van der Waals surface area contributed by atoms with Gasteiger partial charge in [0, 0.05) is 23.3 Å². The van der Waals surface area contributed by atoms with Crippen LogP contribution in [-0.2, 0) is 45.8 Å². The minimum absolute atomic E-state index is 0. The SMILES string of the molecule is [Ir+3].[c-]1ccc2c(sc3ccccc32)c1-c1ccccn1.[c-]1ccccc1-c1cc(CCc2cccc(Oc3cccc(CCc4cc[c-]c(-c5ccccn5)c4)c3)c2)ccn1. The normalized spacial score (nSPS) is 10.8. The molecule has 0 aliphatic rings. The van der Waals surface area contributed by atoms with Crippen LogP contribution < -0.4 is 4.74 Å². The van der Waals surface area contributed by atoms with Crippen molar-refractivity contribution in [2.75, 3.05) is 0 Å². The van der Waals surface area contributed by atoms with Gasteiger partial charge in [0.25, 0.3) is 0 Å². The molecular formula is C55H40IrN3OS. The number of thiophene rings is 1. The number of aromatic nitrogens is 3. The predicted molar refractivity (Wildman–Crippen MR) is 246 cm³/mol. The Morgan fingerprint density at radius 2 is 1.05 bits per heavy atom. The van der Waals surface area contributed by atoms with Crippen LogP contribution >= 0.6 is 11.3 Å². The number of fused-ring (bicyclic) bond motifs is 3. The minimum atomic E-state index is 0. The first-order valence-corrected chi connectivity index (χ1v) is 21.0. The summed E-state index contributed by atoms with van der Waals surface area (Å²) in [6.45, 7) is 0. The second kappa shape index (κ2) is 20.1. The topological polar surface area (TPSA) is 47.9 Å². The molecule has 0 bridgehead atoms. The molecule has 4 heterocycles. The van der Waals surface area contributed by atoms with Crippen molar-refractivity contribution in [2.45, 2.75) is 25.7 Å². The maximum absolute atomic E-state index is 6.29. The number of pyridine rings is 3. The Morgan fingerprint density at radius 1 is 0.426 bits per heavy atom. The number of hydrogen-bond donors (Lipinski definition) is 0. The number of benzene rings is 6. The zero-order valence-electron chi connectivity index (χ0n) is 33.3. The molecule has 0 spiro atoms. The van der Waals surface area contributed by atoms with Crippen molar-refractivity contribution in [3.63, 3.8) is 0 Å². The van der Waals surface area contributed by atoms with Crippen LogP contribution in [0.15, 0.2) is 195 Å². The molecule has 0 aliphatic carbocycles. The van der Waals surface area contributed by atoms with Crippen LogP contribution in [0.2, 0.25) is 0 Å². The van der Waals surface area contributed by atoms with Gasteiger partial charge in [-0.2, -0.15) is 11.3 Å². The summed E-state index contributed by atoms with van der Waals surface area (Å²) < 4.78 is 8.87. The third kappa shape index (κ3) is 10.4. The van der Waals surface area contributed by atoms with Gasteiger partial charge < -0.3 is 19.7 Å². The molecule has 0 N–H and O–H groups in total. The monoisotopic (exact) mass is 983 g/mol. The molecule has 296 valence electrons. The van der Waals surface area contributed by atoms with Gasteiger partial charge in [-0.3, -0.25) is 0 Å². The van der Waals surface area contributed by atoms with Crippen LogP contribution in [0, 0.1) is 18.2 Å². The molecule has 4 aromatic heterocycles. The fraction of sp³-hybridized carbons (Fsp3) is 0.0727. The van der Waals surface area contributed by atoms with E-state index in [0.29, 0.717) is 0 Å². The average Bonchev–Trinajstić information content (AvgIpc) is 3.71. The van der Waals surface area contributed by atoms with Gasteiger partial charge in [-0.15, -0.1) is 95.1 Å². The Balaban J connectivity index is 0.000000213. The fourth-order valence-corrected chi connectivity index (χ4v) is 8.51. The van der Waals surface area contributed by atoms with E-state index in [1.807, 2.05) is 115 Å². The fourth-order valence-electron chi connectivity index (χ4n) is 7.30. The Hall–Kier alpha value is -6.56. The van der Waals surface area contributed by atoms with Crippen LogP contribution in [0.25, 0.3) is 53.9 Å². The molecule has 6 heteroatoms. The van der Waals surface area contributed by atoms with Gasteiger partial charge in [0.15, 0.2) is 0 Å². The molecule has 6 aromatic carbocycles. The van der Waals surface area contributed by atoms with Gasteiger partial charge in [-0.05, 0) is 113 Å². The van der Waals surface area contributed by atoms with Crippen molar-refractivity contribution >= 4 is 31.5 Å². The molecule has 0 amide bonds. The molecule has 10 rings (SSSR count). The average molecular weight is 983 g/mol. The third-order valence-corrected chi connectivity index (χ3v) is 11.5. The molecule has 0 fully saturated rings. The standard InChI is InChI=1S/C38H30N2O.C17H10NS.Ir/c1-2-12-33(13-3-1)38-28-32(22-24-40-38)21-20-31-11-8-16-36(27-31)41-35-15-7-10-30(26-35)19-18-29-9-6-14-34(25-29)37-17-4-5-23-39-37;1-2-10-16-12(6-1)13-7-5-8-14(17(13)19-16)15-9-3-4-11-18-15;/h1-12,15-17,22-28H,18-21H2;1-7,9-11H;/q-2;-1;+3. The summed E-state index contributed by atoms with van der Waals surface area (Å²) in [6, 6.07) is 69.8. The Bertz CT molecular complexity index is 2840. The smallest absolute Gasteiger partial charge is 0.457 e. The van der Waals surface area contributed by atoms with Crippen molar-refractivity contribution in [3.05, 3.63) is 235 Å². The van der Waals surface area contributed by atoms with E-state index in [1.165, 1.54) is 42.4 Å². The summed E-state index contributed by atoms with van der Waals surface area (Å²) in [7, 11) is 0. The van der Waals surface area contributed by atoms with Gasteiger partial charge in [0.05, 0.1) is 0 Å². The molecule has 10 aromatic rings. The summed E-state index contributed by atoms with van der Waals surface area (Å²) in [5.41, 5.74) is 11.0. The van der Waals surface area contributed by atoms with Gasteiger partial charge >= 0.3 is 20.1 Å². The van der Waals surface area contributed by atoms with E-state index in [4.69, 9.17) is 4.74 Å². The quantitative estimate of drug-likeness (QED) is 0.121. The van der Waals surface area contributed by atoms with Crippen molar-refractivity contribution in [2.24, 2.45) is 0 Å². The van der Waals surface area contributed by atoms with E-state index < -0.39 is 0 Å². The van der Waals surface area contributed by atoms with Gasteiger partial charge in [0.1, 0.15) is 11.5 Å². The van der Waals surface area contributed by atoms with Crippen LogP contribution in [0.1, 0.15) is 22.3 Å². The van der Waals surface area contributed by atoms with Crippen molar-refractivity contribution in [1.29, 1.82) is 0 Å². The Kier molecular flexibility index (Phi) is 13.6. The van der Waals surface area contributed by atoms with Gasteiger partial charge in [-0.1, -0.05) is 83.7 Å². The summed E-state index contributed by atoms with van der Waals surface area (Å²) in [6.07, 6.45) is 9.25. The van der Waals surface area contributed by atoms with E-state index in [-0.39, 0.29) is 20.1 Å². The first kappa shape index (κ1) is 41.2. The number of aryl methyl sites for hydroxylation is 4. The van der Waals surface area contributed by atoms with E-state index in [1.54, 1.807) is 0 Å². The van der Waals surface area contributed by atoms with E-state index >= 15 is 0 Å². The van der Waals surface area contributed by atoms with Crippen LogP contribution in [0.4, 0.5) is 0 Å². The Morgan fingerprint density at radius 3 is 1.75 bits per heavy atom. The molecule has 0 atom stereocenters. The van der Waals surface area contributed by atoms with E-state index in [9.17, 15) is 0 Å². The molecule has 0 saturated carbocycles. The number of hydrogen-bond acceptors (Lipinski definition) is 5. The Labute approximate surface area is 375 Å². The second-order valence-electron chi connectivity index (χ2n) is 14.5. The molecule has 0 saturated heterocycles. The maximum Gasteiger partial charge on any atom is 3.00 e. The molecule has 0 unspecified atom stereocenters. The summed E-state index contributed by atoms with van der Waals surface area (Å²) >= 11 is 1.81. The largest absolute Gasteiger partial charge is 3.00 e. The van der Waals surface area contributed by atoms with Crippen molar-refractivity contribution in [3.8, 4) is 45.3 Å². The van der Waals surface area contributed by atoms with E-state index in [2.05, 4.69) is 124 Å². The van der Waals surface area contributed by atoms with E-state index in [0.717, 1.165) is 71.0 Å². The first-order chi connectivity index (χ1) is 29.7. The van der Waals surface area contributed by atoms with Gasteiger partial charge in [0.2, 0.25) is 0 Å². The summed E-state index contributed by atoms with van der Waals surface area (Å²) in [4.78, 5) is 13.4. The zero-order chi connectivity index (χ0) is 40.4. The zero-order valence-corrected chi connectivity index (χ0v) is 36.5. The van der Waals surface area contributed by atoms with Gasteiger partial charge in [-0.25, -0.2) is 0 Å². The summed E-state index contributed by atoms with van der Waals surface area (Å²) in [5, 5.41) is 2.61. The molecule has 4 nitrogen and oxygen atoms in total. The molecular weight excluding hydrogens is 943 g/mol. The predicted octanol–water partition coefficient (Wildman–Crippen LogP) is 13.7. The van der Waals surface area contributed by atoms with Crippen molar-refractivity contribution in [1.82, 2.24) is 15.0 Å². The second-order valence-corrected chi connectivity index (χ2v) is 15.5. The summed E-state index contributed by atoms with van der Waals surface area (Å²) in [5.74, 6) is 1.71. The van der Waals surface area contributed by atoms with Crippen LogP contribution in [0.5, 0.6) is 11.5 Å². The number of nitrogens with zero attached hydrogens (tertiary/aromatic N) is 3. The van der Waals surface area contributed by atoms with Crippen LogP contribution in [0.3, 0.4) is 0 Å². The molecule has 0 radical (unpaired) electrons.